The van der Waals surface area contributed by atoms with Gasteiger partial charge in [0.1, 0.15) is 5.92 Å². The predicted molar refractivity (Wildman–Crippen MR) is 68.0 cm³/mol. The van der Waals surface area contributed by atoms with Gasteiger partial charge in [0.05, 0.1) is 0 Å². The largest absolute Gasteiger partial charge is 0.345 e. The Morgan fingerprint density at radius 2 is 1.68 bits per heavy atom. The van der Waals surface area contributed by atoms with E-state index >= 15 is 0 Å². The molecule has 0 radical (unpaired) electrons. The number of nitrogens with zero attached hydrogens (tertiary/aromatic N) is 2. The van der Waals surface area contributed by atoms with Gasteiger partial charge in [-0.3, -0.25) is 14.9 Å². The number of imide groups is 2. The number of barbiturate groups is 1. The summed E-state index contributed by atoms with van der Waals surface area (Å²) in [5.41, 5.74) is 1.61. The normalized spacial score (nSPS) is 19.9. The molecule has 1 aromatic carbocycles. The van der Waals surface area contributed by atoms with Crippen molar-refractivity contribution in [2.24, 2.45) is 0 Å². The van der Waals surface area contributed by atoms with Crippen LogP contribution in [0.15, 0.2) is 24.3 Å². The van der Waals surface area contributed by atoms with Crippen LogP contribution in [-0.2, 0) is 9.59 Å². The highest BCUT2D eigenvalue weighted by Crippen LogP contribution is 2.23. The monoisotopic (exact) mass is 261 g/mol. The van der Waals surface area contributed by atoms with Crippen molar-refractivity contribution >= 4 is 17.8 Å². The molecule has 19 heavy (non-hydrogen) atoms. The molecule has 6 nitrogen and oxygen atoms in total. The Hall–Kier alpha value is -2.21. The molecule has 0 saturated carbocycles. The molecular formula is C13H15N3O3. The molecule has 1 unspecified atom stereocenters. The predicted octanol–water partition coefficient (Wildman–Crippen LogP) is 0.634. The topological polar surface area (TPSA) is 69.7 Å². The summed E-state index contributed by atoms with van der Waals surface area (Å²) in [5, 5.41) is 4.46. The zero-order valence-electron chi connectivity index (χ0n) is 11.0. The maximum atomic E-state index is 12.3. The third-order valence-corrected chi connectivity index (χ3v) is 2.95. The molecule has 1 aromatic rings. The highest BCUT2D eigenvalue weighted by atomic mass is 16.2. The van der Waals surface area contributed by atoms with Crippen molar-refractivity contribution in [2.75, 3.05) is 14.1 Å². The molecule has 4 amide bonds. The molecule has 0 bridgehead atoms. The van der Waals surface area contributed by atoms with Crippen molar-refractivity contribution in [3.8, 4) is 0 Å². The van der Waals surface area contributed by atoms with Gasteiger partial charge in [0, 0.05) is 14.1 Å². The number of nitrogens with one attached hydrogen (secondary N) is 1. The minimum absolute atomic E-state index is 0.539. The number of hydrazine groups is 1. The lowest BCUT2D eigenvalue weighted by Gasteiger charge is -2.33. The number of urea groups is 1. The molecule has 0 spiro atoms. The zero-order chi connectivity index (χ0) is 14.2. The smallest absolute Gasteiger partial charge is 0.275 e. The van der Waals surface area contributed by atoms with Crippen LogP contribution < -0.4 is 5.32 Å². The Morgan fingerprint density at radius 3 is 2.21 bits per heavy atom. The first-order valence-corrected chi connectivity index (χ1v) is 5.84. The summed E-state index contributed by atoms with van der Waals surface area (Å²) in [6, 6.07) is 6.38. The summed E-state index contributed by atoms with van der Waals surface area (Å²) in [5.74, 6) is -2.11. The fourth-order valence-electron chi connectivity index (χ4n) is 2.00. The van der Waals surface area contributed by atoms with Crippen LogP contribution in [0.25, 0.3) is 0 Å². The molecule has 1 heterocycles. The Labute approximate surface area is 111 Å². The van der Waals surface area contributed by atoms with E-state index in [0.717, 1.165) is 10.6 Å². The number of aryl methyl sites for hydroxylation is 1. The summed E-state index contributed by atoms with van der Waals surface area (Å²) < 4.78 is 0. The van der Waals surface area contributed by atoms with Gasteiger partial charge >= 0.3 is 6.03 Å². The van der Waals surface area contributed by atoms with Gasteiger partial charge in [0.2, 0.25) is 5.91 Å². The number of hydrogen-bond donors (Lipinski definition) is 1. The Kier molecular flexibility index (Phi) is 3.35. The van der Waals surface area contributed by atoms with E-state index < -0.39 is 23.8 Å². The first-order valence-electron chi connectivity index (χ1n) is 5.84. The fourth-order valence-corrected chi connectivity index (χ4v) is 2.00. The van der Waals surface area contributed by atoms with Gasteiger partial charge in [-0.1, -0.05) is 29.8 Å². The van der Waals surface area contributed by atoms with Gasteiger partial charge < -0.3 is 0 Å². The van der Waals surface area contributed by atoms with Crippen LogP contribution in [0.5, 0.6) is 0 Å². The van der Waals surface area contributed by atoms with E-state index in [2.05, 4.69) is 5.32 Å². The summed E-state index contributed by atoms with van der Waals surface area (Å²) in [6.45, 7) is 1.92. The van der Waals surface area contributed by atoms with Crippen LogP contribution in [0.2, 0.25) is 0 Å². The summed E-state index contributed by atoms with van der Waals surface area (Å²) in [4.78, 5) is 35.8. The molecule has 6 heteroatoms. The van der Waals surface area contributed by atoms with Crippen LogP contribution in [0.1, 0.15) is 17.0 Å². The minimum Gasteiger partial charge on any atom is -0.275 e. The third-order valence-electron chi connectivity index (χ3n) is 2.95. The van der Waals surface area contributed by atoms with E-state index in [1.807, 2.05) is 19.1 Å². The molecule has 1 saturated heterocycles. The SMILES string of the molecule is Cc1ccc(C2C(=O)NC(=O)N(N(C)C)C2=O)cc1. The molecule has 0 aromatic heterocycles. The molecule has 1 aliphatic heterocycles. The number of hydrogen-bond acceptors (Lipinski definition) is 4. The first kappa shape index (κ1) is 13.2. The maximum Gasteiger partial charge on any atom is 0.345 e. The molecular weight excluding hydrogens is 246 g/mol. The van der Waals surface area contributed by atoms with Crippen molar-refractivity contribution in [1.29, 1.82) is 0 Å². The number of benzene rings is 1. The van der Waals surface area contributed by atoms with Crippen molar-refractivity contribution in [2.45, 2.75) is 12.8 Å². The van der Waals surface area contributed by atoms with Gasteiger partial charge in [-0.2, -0.15) is 5.01 Å². The molecule has 1 atom stereocenters. The van der Waals surface area contributed by atoms with E-state index in [9.17, 15) is 14.4 Å². The Bertz CT molecular complexity index is 537. The summed E-state index contributed by atoms with van der Waals surface area (Å²) in [6.07, 6.45) is 0. The standard InChI is InChI=1S/C13H15N3O3/c1-8-4-6-9(7-5-8)10-11(17)14-13(19)16(12(10)18)15(2)3/h4-7,10H,1-3H3,(H,14,17,19). The van der Waals surface area contributed by atoms with Crippen molar-refractivity contribution in [1.82, 2.24) is 15.3 Å². The molecule has 2 rings (SSSR count). The number of rotatable bonds is 2. The summed E-state index contributed by atoms with van der Waals surface area (Å²) >= 11 is 0. The van der Waals surface area contributed by atoms with Crippen molar-refractivity contribution in [3.63, 3.8) is 0 Å². The van der Waals surface area contributed by atoms with E-state index in [-0.39, 0.29) is 0 Å². The number of carbonyl (C=O) groups excluding carboxylic acids is 3. The Balaban J connectivity index is 2.38. The average molecular weight is 261 g/mol. The van der Waals surface area contributed by atoms with Crippen molar-refractivity contribution < 1.29 is 14.4 Å². The van der Waals surface area contributed by atoms with E-state index in [1.54, 1.807) is 26.2 Å². The number of amides is 4. The third kappa shape index (κ3) is 2.34. The molecule has 0 aliphatic carbocycles. The van der Waals surface area contributed by atoms with E-state index in [1.165, 1.54) is 5.01 Å². The van der Waals surface area contributed by atoms with E-state index in [0.29, 0.717) is 5.56 Å². The molecule has 1 aliphatic rings. The lowest BCUT2D eigenvalue weighted by Crippen LogP contribution is -2.60. The second kappa shape index (κ2) is 4.81. The average Bonchev–Trinajstić information content (AvgIpc) is 2.30. The molecule has 1 fully saturated rings. The molecule has 100 valence electrons. The Morgan fingerprint density at radius 1 is 1.11 bits per heavy atom. The second-order valence-electron chi connectivity index (χ2n) is 4.64. The maximum absolute atomic E-state index is 12.3. The first-order chi connectivity index (χ1) is 8.91. The fraction of sp³-hybridized carbons (Fsp3) is 0.308. The van der Waals surface area contributed by atoms with Crippen molar-refractivity contribution in [3.05, 3.63) is 35.4 Å². The molecule has 1 N–H and O–H groups in total. The lowest BCUT2D eigenvalue weighted by molar-refractivity contribution is -0.147. The van der Waals surface area contributed by atoms with Gasteiger partial charge in [0.15, 0.2) is 0 Å². The minimum atomic E-state index is -0.985. The van der Waals surface area contributed by atoms with E-state index in [4.69, 9.17) is 0 Å². The van der Waals surface area contributed by atoms with Gasteiger partial charge in [-0.15, -0.1) is 0 Å². The van der Waals surface area contributed by atoms with Gasteiger partial charge in [-0.25, -0.2) is 9.80 Å². The quantitative estimate of drug-likeness (QED) is 0.793. The number of carbonyl (C=O) groups is 3. The van der Waals surface area contributed by atoms with Crippen LogP contribution in [0, 0.1) is 6.92 Å². The zero-order valence-corrected chi connectivity index (χ0v) is 11.0. The van der Waals surface area contributed by atoms with Crippen LogP contribution >= 0.6 is 0 Å². The van der Waals surface area contributed by atoms with Crippen LogP contribution in [0.3, 0.4) is 0 Å². The summed E-state index contributed by atoms with van der Waals surface area (Å²) in [7, 11) is 3.14. The highest BCUT2D eigenvalue weighted by molar-refractivity contribution is 6.19. The van der Waals surface area contributed by atoms with Crippen LogP contribution in [-0.4, -0.2) is 42.0 Å². The van der Waals surface area contributed by atoms with Gasteiger partial charge in [0.25, 0.3) is 5.91 Å². The van der Waals surface area contributed by atoms with Crippen LogP contribution in [0.4, 0.5) is 4.79 Å². The lowest BCUT2D eigenvalue weighted by atomic mass is 9.95. The second-order valence-corrected chi connectivity index (χ2v) is 4.64. The highest BCUT2D eigenvalue weighted by Gasteiger charge is 2.42. The van der Waals surface area contributed by atoms with Gasteiger partial charge in [-0.05, 0) is 12.5 Å².